The molecule has 130 valence electrons. The van der Waals surface area contributed by atoms with Crippen LogP contribution in [0.2, 0.25) is 0 Å². The normalized spacial score (nSPS) is 12.9. The van der Waals surface area contributed by atoms with Gasteiger partial charge in [0.2, 0.25) is 10.0 Å². The zero-order chi connectivity index (χ0) is 17.4. The van der Waals surface area contributed by atoms with Crippen LogP contribution in [-0.2, 0) is 10.0 Å². The van der Waals surface area contributed by atoms with Gasteiger partial charge in [0.15, 0.2) is 0 Å². The Balaban J connectivity index is 2.05. The van der Waals surface area contributed by atoms with Crippen LogP contribution in [0.25, 0.3) is 0 Å². The van der Waals surface area contributed by atoms with Crippen molar-refractivity contribution >= 4 is 21.8 Å². The topological polar surface area (TPSA) is 46.2 Å². The van der Waals surface area contributed by atoms with Crippen LogP contribution in [0.15, 0.2) is 64.4 Å². The average Bonchev–Trinajstić information content (AvgIpc) is 2.58. The zero-order valence-electron chi connectivity index (χ0n) is 14.2. The highest BCUT2D eigenvalue weighted by molar-refractivity contribution is 7.99. The second-order valence-corrected chi connectivity index (χ2v) is 8.70. The zero-order valence-corrected chi connectivity index (χ0v) is 15.9. The molecule has 1 N–H and O–H groups in total. The lowest BCUT2D eigenvalue weighted by molar-refractivity contribution is 0.538. The van der Waals surface area contributed by atoms with E-state index in [1.165, 1.54) is 0 Å². The molecule has 0 aliphatic heterocycles. The van der Waals surface area contributed by atoms with Crippen LogP contribution < -0.4 is 4.72 Å². The number of thioether (sulfide) groups is 1. The molecular formula is C19H25NO2S2. The van der Waals surface area contributed by atoms with Crippen molar-refractivity contribution in [3.05, 3.63) is 60.2 Å². The Labute approximate surface area is 149 Å². The first-order valence-electron chi connectivity index (χ1n) is 8.28. The molecule has 5 heteroatoms. The summed E-state index contributed by atoms with van der Waals surface area (Å²) in [5.74, 6) is 0.731. The molecule has 24 heavy (non-hydrogen) atoms. The van der Waals surface area contributed by atoms with E-state index in [4.69, 9.17) is 0 Å². The van der Waals surface area contributed by atoms with E-state index < -0.39 is 10.0 Å². The first-order valence-corrected chi connectivity index (χ1v) is 10.7. The number of benzene rings is 2. The Morgan fingerprint density at radius 1 is 1.04 bits per heavy atom. The van der Waals surface area contributed by atoms with Crippen molar-refractivity contribution in [1.29, 1.82) is 0 Å². The lowest BCUT2D eigenvalue weighted by Gasteiger charge is -2.18. The molecule has 0 radical (unpaired) electrons. The van der Waals surface area contributed by atoms with Crippen LogP contribution in [0.3, 0.4) is 0 Å². The predicted molar refractivity (Wildman–Crippen MR) is 102 cm³/mol. The minimum Gasteiger partial charge on any atom is -0.207 e. The molecule has 0 fully saturated rings. The molecule has 0 amide bonds. The van der Waals surface area contributed by atoms with Crippen molar-refractivity contribution in [2.75, 3.05) is 5.75 Å². The van der Waals surface area contributed by atoms with E-state index >= 15 is 0 Å². The maximum absolute atomic E-state index is 12.6. The van der Waals surface area contributed by atoms with E-state index in [0.29, 0.717) is 4.90 Å². The standard InChI is InChI=1S/C19H25NO2S2/c1-3-4-8-17(15-23-18-9-6-5-7-10-18)20-24(21,22)19-13-11-16(2)12-14-19/h5-7,9-14,17,20H,3-4,8,15H2,1-2H3. The number of hydrogen-bond acceptors (Lipinski definition) is 3. The fourth-order valence-electron chi connectivity index (χ4n) is 2.35. The summed E-state index contributed by atoms with van der Waals surface area (Å²) < 4.78 is 28.1. The maximum atomic E-state index is 12.6. The monoisotopic (exact) mass is 363 g/mol. The molecular weight excluding hydrogens is 338 g/mol. The summed E-state index contributed by atoms with van der Waals surface area (Å²) in [5, 5.41) is 0. The molecule has 0 saturated heterocycles. The Bertz CT molecular complexity index is 713. The third-order valence-corrected chi connectivity index (χ3v) is 6.46. The molecule has 1 unspecified atom stereocenters. The van der Waals surface area contributed by atoms with Gasteiger partial charge in [-0.05, 0) is 37.6 Å². The van der Waals surface area contributed by atoms with Crippen LogP contribution in [0.1, 0.15) is 31.7 Å². The Kier molecular flexibility index (Phi) is 7.34. The molecule has 0 spiro atoms. The van der Waals surface area contributed by atoms with Crippen LogP contribution in [0, 0.1) is 6.92 Å². The van der Waals surface area contributed by atoms with Gasteiger partial charge < -0.3 is 0 Å². The summed E-state index contributed by atoms with van der Waals surface area (Å²) in [6, 6.07) is 17.0. The number of rotatable bonds is 9. The summed E-state index contributed by atoms with van der Waals surface area (Å²) >= 11 is 1.69. The Morgan fingerprint density at radius 2 is 1.71 bits per heavy atom. The van der Waals surface area contributed by atoms with Gasteiger partial charge in [-0.25, -0.2) is 13.1 Å². The molecule has 0 aliphatic carbocycles. The molecule has 0 bridgehead atoms. The maximum Gasteiger partial charge on any atom is 0.240 e. The van der Waals surface area contributed by atoms with Crippen molar-refractivity contribution in [1.82, 2.24) is 4.72 Å². The third kappa shape index (κ3) is 5.96. The quantitative estimate of drug-likeness (QED) is 0.661. The van der Waals surface area contributed by atoms with Gasteiger partial charge in [-0.15, -0.1) is 11.8 Å². The summed E-state index contributed by atoms with van der Waals surface area (Å²) in [4.78, 5) is 1.49. The summed E-state index contributed by atoms with van der Waals surface area (Å²) in [7, 11) is -3.47. The second-order valence-electron chi connectivity index (χ2n) is 5.90. The minimum absolute atomic E-state index is 0.0681. The first kappa shape index (κ1) is 19.0. The van der Waals surface area contributed by atoms with Gasteiger partial charge in [-0.1, -0.05) is 55.7 Å². The lowest BCUT2D eigenvalue weighted by atomic mass is 10.2. The highest BCUT2D eigenvalue weighted by Crippen LogP contribution is 2.21. The molecule has 0 heterocycles. The number of nitrogens with one attached hydrogen (secondary N) is 1. The molecule has 0 aromatic heterocycles. The predicted octanol–water partition coefficient (Wildman–Crippen LogP) is 4.62. The molecule has 0 saturated carbocycles. The van der Waals surface area contributed by atoms with Crippen LogP contribution in [0.5, 0.6) is 0 Å². The van der Waals surface area contributed by atoms with E-state index in [2.05, 4.69) is 23.8 Å². The average molecular weight is 364 g/mol. The van der Waals surface area contributed by atoms with E-state index in [0.717, 1.165) is 35.5 Å². The van der Waals surface area contributed by atoms with E-state index in [1.807, 2.05) is 37.3 Å². The van der Waals surface area contributed by atoms with Crippen molar-refractivity contribution in [2.24, 2.45) is 0 Å². The van der Waals surface area contributed by atoms with Gasteiger partial charge in [0, 0.05) is 16.7 Å². The molecule has 0 aliphatic rings. The van der Waals surface area contributed by atoms with E-state index in [1.54, 1.807) is 23.9 Å². The SMILES string of the molecule is CCCCC(CSc1ccccc1)NS(=O)(=O)c1ccc(C)cc1. The van der Waals surface area contributed by atoms with Gasteiger partial charge in [0.25, 0.3) is 0 Å². The number of aryl methyl sites for hydroxylation is 1. The van der Waals surface area contributed by atoms with Crippen LogP contribution in [-0.4, -0.2) is 20.2 Å². The van der Waals surface area contributed by atoms with Gasteiger partial charge in [-0.2, -0.15) is 0 Å². The molecule has 1 atom stereocenters. The van der Waals surface area contributed by atoms with Gasteiger partial charge >= 0.3 is 0 Å². The van der Waals surface area contributed by atoms with Gasteiger partial charge in [0.1, 0.15) is 0 Å². The van der Waals surface area contributed by atoms with Crippen molar-refractivity contribution < 1.29 is 8.42 Å². The van der Waals surface area contributed by atoms with Crippen LogP contribution in [0.4, 0.5) is 0 Å². The largest absolute Gasteiger partial charge is 0.240 e. The third-order valence-electron chi connectivity index (χ3n) is 3.75. The minimum atomic E-state index is -3.47. The highest BCUT2D eigenvalue weighted by Gasteiger charge is 2.20. The Hall–Kier alpha value is -1.30. The smallest absolute Gasteiger partial charge is 0.207 e. The summed E-state index contributed by atoms with van der Waals surface area (Å²) in [6.45, 7) is 4.07. The summed E-state index contributed by atoms with van der Waals surface area (Å²) in [5.41, 5.74) is 1.05. The molecule has 3 nitrogen and oxygen atoms in total. The Morgan fingerprint density at radius 3 is 2.33 bits per heavy atom. The number of sulfonamides is 1. The highest BCUT2D eigenvalue weighted by atomic mass is 32.2. The van der Waals surface area contributed by atoms with Crippen LogP contribution >= 0.6 is 11.8 Å². The number of unbranched alkanes of at least 4 members (excludes halogenated alkanes) is 1. The van der Waals surface area contributed by atoms with Crippen molar-refractivity contribution in [3.8, 4) is 0 Å². The number of hydrogen-bond donors (Lipinski definition) is 1. The first-order chi connectivity index (χ1) is 11.5. The summed E-state index contributed by atoms with van der Waals surface area (Å²) in [6.07, 6.45) is 2.91. The lowest BCUT2D eigenvalue weighted by Crippen LogP contribution is -2.36. The van der Waals surface area contributed by atoms with Gasteiger partial charge in [-0.3, -0.25) is 0 Å². The van der Waals surface area contributed by atoms with Crippen molar-refractivity contribution in [3.63, 3.8) is 0 Å². The molecule has 2 rings (SSSR count). The molecule has 2 aromatic carbocycles. The van der Waals surface area contributed by atoms with Crippen molar-refractivity contribution in [2.45, 2.75) is 48.9 Å². The van der Waals surface area contributed by atoms with Gasteiger partial charge in [0.05, 0.1) is 4.90 Å². The van der Waals surface area contributed by atoms with E-state index in [9.17, 15) is 8.42 Å². The fraction of sp³-hybridized carbons (Fsp3) is 0.368. The molecule has 2 aromatic rings. The second kappa shape index (κ2) is 9.25. The van der Waals surface area contributed by atoms with E-state index in [-0.39, 0.29) is 6.04 Å². The fourth-order valence-corrected chi connectivity index (χ4v) is 4.71.